The number of methoxy groups -OCH3 is 2. The maximum Gasteiger partial charge on any atom is 0.200 e. The van der Waals surface area contributed by atoms with E-state index in [1.807, 2.05) is 19.1 Å². The van der Waals surface area contributed by atoms with Crippen molar-refractivity contribution in [3.05, 3.63) is 87.5 Å². The molecule has 4 aromatic carbocycles. The van der Waals surface area contributed by atoms with Crippen molar-refractivity contribution >= 4 is 5.69 Å². The summed E-state index contributed by atoms with van der Waals surface area (Å²) in [5.41, 5.74) is 9.28. The SMILES string of the molecule is CCNCOc1cc(OC)c2c3c1[C@@H](O)Nc1cc4c(c(c1-3)CC2)[C@@H](O)[C@H](c1cc(OC)c(O)c(OC[C@H](CO)[C@H]2CC[C@](C)(C3CCCC3)c3ccccc32)c1)CO4. The Morgan fingerprint density at radius 1 is 0.898 bits per heavy atom. The number of aliphatic hydroxyl groups is 3. The summed E-state index contributed by atoms with van der Waals surface area (Å²) >= 11 is 0. The van der Waals surface area contributed by atoms with Gasteiger partial charge in [0.25, 0.3) is 0 Å². The van der Waals surface area contributed by atoms with E-state index in [4.69, 9.17) is 23.7 Å². The molecule has 2 heterocycles. The van der Waals surface area contributed by atoms with Crippen LogP contribution in [0.2, 0.25) is 0 Å². The van der Waals surface area contributed by atoms with E-state index in [0.29, 0.717) is 52.7 Å². The Hall–Kier alpha value is -4.68. The highest BCUT2D eigenvalue weighted by Gasteiger charge is 2.45. The largest absolute Gasteiger partial charge is 0.502 e. The number of phenols is 1. The van der Waals surface area contributed by atoms with Crippen LogP contribution >= 0.6 is 0 Å². The quantitative estimate of drug-likeness (QED) is 0.0581. The molecule has 3 aliphatic carbocycles. The van der Waals surface area contributed by atoms with Gasteiger partial charge in [-0.1, -0.05) is 51.0 Å². The predicted molar refractivity (Wildman–Crippen MR) is 225 cm³/mol. The summed E-state index contributed by atoms with van der Waals surface area (Å²) in [6.07, 6.45) is 6.43. The minimum absolute atomic E-state index is 0.0539. The number of benzene rings is 4. The first-order valence-corrected chi connectivity index (χ1v) is 21.5. The molecule has 6 N–H and O–H groups in total. The van der Waals surface area contributed by atoms with Crippen LogP contribution in [0.5, 0.6) is 34.5 Å². The van der Waals surface area contributed by atoms with Crippen molar-refractivity contribution < 1.29 is 44.1 Å². The second-order valence-electron chi connectivity index (χ2n) is 17.3. The van der Waals surface area contributed by atoms with Gasteiger partial charge >= 0.3 is 0 Å². The van der Waals surface area contributed by atoms with Gasteiger partial charge in [-0.2, -0.15) is 0 Å². The van der Waals surface area contributed by atoms with E-state index in [0.717, 1.165) is 47.3 Å². The molecule has 0 saturated heterocycles. The number of aliphatic hydroxyl groups excluding tert-OH is 3. The molecular weight excluding hydrogens is 749 g/mol. The summed E-state index contributed by atoms with van der Waals surface area (Å²) in [7, 11) is 3.14. The molecule has 1 saturated carbocycles. The monoisotopic (exact) mass is 806 g/mol. The summed E-state index contributed by atoms with van der Waals surface area (Å²) in [4.78, 5) is 0. The lowest BCUT2D eigenvalue weighted by molar-refractivity contribution is 0.0875. The van der Waals surface area contributed by atoms with E-state index >= 15 is 0 Å². The molecule has 0 unspecified atom stereocenters. The second kappa shape index (κ2) is 16.1. The van der Waals surface area contributed by atoms with Crippen molar-refractivity contribution in [3.63, 3.8) is 0 Å². The van der Waals surface area contributed by atoms with Crippen molar-refractivity contribution in [2.45, 2.75) is 94.8 Å². The maximum atomic E-state index is 12.4. The van der Waals surface area contributed by atoms with Crippen molar-refractivity contribution in [1.29, 1.82) is 0 Å². The number of nitrogens with one attached hydrogen (secondary N) is 2. The highest BCUT2D eigenvalue weighted by Crippen LogP contribution is 2.58. The lowest BCUT2D eigenvalue weighted by Crippen LogP contribution is -2.38. The molecule has 314 valence electrons. The fraction of sp³-hybridized carbons (Fsp3) is 0.500. The van der Waals surface area contributed by atoms with Gasteiger partial charge in [0.05, 0.1) is 39.1 Å². The Morgan fingerprint density at radius 3 is 2.42 bits per heavy atom. The van der Waals surface area contributed by atoms with E-state index in [9.17, 15) is 20.4 Å². The van der Waals surface area contributed by atoms with Crippen molar-refractivity contribution in [2.24, 2.45) is 11.8 Å². The Bertz CT molecular complexity index is 2220. The fourth-order valence-corrected chi connectivity index (χ4v) is 11.2. The van der Waals surface area contributed by atoms with Crippen LogP contribution in [-0.4, -0.2) is 67.7 Å². The lowest BCUT2D eigenvalue weighted by atomic mass is 9.59. The zero-order valence-corrected chi connectivity index (χ0v) is 34.6. The van der Waals surface area contributed by atoms with Gasteiger partial charge in [0, 0.05) is 58.5 Å². The predicted octanol–water partition coefficient (Wildman–Crippen LogP) is 7.76. The summed E-state index contributed by atoms with van der Waals surface area (Å²) in [5.74, 6) is 2.19. The number of anilines is 1. The average molecular weight is 807 g/mol. The number of fused-ring (bicyclic) bond motifs is 3. The number of aromatic hydroxyl groups is 1. The number of hydrogen-bond donors (Lipinski definition) is 6. The Labute approximate surface area is 346 Å². The summed E-state index contributed by atoms with van der Waals surface area (Å²) < 4.78 is 30.6. The van der Waals surface area contributed by atoms with Gasteiger partial charge in [-0.25, -0.2) is 0 Å². The highest BCUT2D eigenvalue weighted by molar-refractivity contribution is 5.93. The minimum Gasteiger partial charge on any atom is -0.502 e. The zero-order valence-electron chi connectivity index (χ0n) is 34.6. The van der Waals surface area contributed by atoms with Crippen LogP contribution < -0.4 is 34.3 Å². The number of phenolic OH excluding ortho intramolecular Hbond substituents is 1. The molecule has 2 aliphatic heterocycles. The smallest absolute Gasteiger partial charge is 0.200 e. The number of rotatable bonds is 13. The van der Waals surface area contributed by atoms with Crippen LogP contribution in [0.1, 0.15) is 115 Å². The van der Waals surface area contributed by atoms with E-state index in [1.54, 1.807) is 19.2 Å². The van der Waals surface area contributed by atoms with Gasteiger partial charge < -0.3 is 49.4 Å². The van der Waals surface area contributed by atoms with Gasteiger partial charge in [0.1, 0.15) is 24.0 Å². The van der Waals surface area contributed by atoms with Gasteiger partial charge in [-0.3, -0.25) is 5.32 Å². The summed E-state index contributed by atoms with van der Waals surface area (Å²) in [5, 5.41) is 52.5. The van der Waals surface area contributed by atoms with Crippen molar-refractivity contribution in [2.75, 3.05) is 52.6 Å². The minimum atomic E-state index is -1.03. The second-order valence-corrected chi connectivity index (χ2v) is 17.3. The molecule has 5 aliphatic rings. The van der Waals surface area contributed by atoms with Gasteiger partial charge in [-0.15, -0.1) is 0 Å². The first-order chi connectivity index (χ1) is 28.7. The van der Waals surface area contributed by atoms with Crippen LogP contribution in [-0.2, 0) is 18.3 Å². The molecular formula is C48H58N2O9. The molecule has 0 amide bonds. The maximum absolute atomic E-state index is 12.4. The third-order valence-corrected chi connectivity index (χ3v) is 14.3. The molecule has 6 atom stereocenters. The summed E-state index contributed by atoms with van der Waals surface area (Å²) in [6, 6.07) is 16.0. The van der Waals surface area contributed by atoms with Crippen LogP contribution in [0, 0.1) is 11.8 Å². The highest BCUT2D eigenvalue weighted by atomic mass is 16.5. The van der Waals surface area contributed by atoms with Gasteiger partial charge in [0.15, 0.2) is 17.7 Å². The molecule has 0 bridgehead atoms. The van der Waals surface area contributed by atoms with E-state index in [1.165, 1.54) is 43.9 Å². The molecule has 0 spiro atoms. The van der Waals surface area contributed by atoms with Gasteiger partial charge in [0.2, 0.25) is 5.75 Å². The Kier molecular flexibility index (Phi) is 10.8. The van der Waals surface area contributed by atoms with Crippen LogP contribution in [0.4, 0.5) is 5.69 Å². The molecule has 11 nitrogen and oxygen atoms in total. The third kappa shape index (κ3) is 6.65. The first-order valence-electron chi connectivity index (χ1n) is 21.5. The van der Waals surface area contributed by atoms with E-state index < -0.39 is 18.2 Å². The standard InChI is InChI=1S/C48H58N2O9/c1-5-49-25-59-38-21-36(55-3)31-14-15-32-41-35(50-47(54)44(38)43(31)41)20-37-42(32)45(52)33(24-58-37)26-18-39(56-4)46(53)40(19-26)57-23-27(22-51)29-16-17-48(2,28-10-6-7-11-28)34-13-9-8-12-30(29)34/h8-9,12-13,18-21,27-29,33,45,47,49-54H,5-7,10-11,14-17,22-25H2,1-4H3/t27-,29+,33-,45-,47+,48+/m0/s1. The first kappa shape index (κ1) is 39.8. The molecule has 4 aromatic rings. The molecule has 0 aromatic heterocycles. The Balaban J connectivity index is 1.02. The number of ether oxygens (including phenoxy) is 5. The molecule has 1 fully saturated rings. The van der Waals surface area contributed by atoms with E-state index in [-0.39, 0.29) is 61.1 Å². The molecule has 0 radical (unpaired) electrons. The fourth-order valence-electron chi connectivity index (χ4n) is 11.2. The summed E-state index contributed by atoms with van der Waals surface area (Å²) in [6.45, 7) is 5.75. The van der Waals surface area contributed by atoms with Crippen LogP contribution in [0.3, 0.4) is 0 Å². The lowest BCUT2D eigenvalue weighted by Gasteiger charge is -2.45. The normalized spacial score (nSPS) is 24.5. The molecule has 59 heavy (non-hydrogen) atoms. The van der Waals surface area contributed by atoms with Crippen molar-refractivity contribution in [3.8, 4) is 45.6 Å². The number of hydrogen-bond acceptors (Lipinski definition) is 11. The van der Waals surface area contributed by atoms with Crippen LogP contribution in [0.15, 0.2) is 48.5 Å². The van der Waals surface area contributed by atoms with Crippen LogP contribution in [0.25, 0.3) is 11.1 Å². The third-order valence-electron chi connectivity index (χ3n) is 14.3. The Morgan fingerprint density at radius 2 is 1.66 bits per heavy atom. The zero-order chi connectivity index (χ0) is 41.0. The van der Waals surface area contributed by atoms with E-state index in [2.05, 4.69) is 41.8 Å². The van der Waals surface area contributed by atoms with Crippen molar-refractivity contribution in [1.82, 2.24) is 5.32 Å². The topological polar surface area (TPSA) is 151 Å². The molecule has 11 heteroatoms. The van der Waals surface area contributed by atoms with Gasteiger partial charge in [-0.05, 0) is 96.7 Å². The average Bonchev–Trinajstić information content (AvgIpc) is 3.81. The molecule has 9 rings (SSSR count).